The van der Waals surface area contributed by atoms with Crippen LogP contribution in [-0.2, 0) is 11.1 Å². The third kappa shape index (κ3) is 1.75. The van der Waals surface area contributed by atoms with Gasteiger partial charge in [-0.2, -0.15) is 0 Å². The first-order valence-corrected chi connectivity index (χ1v) is 3.88. The van der Waals surface area contributed by atoms with Crippen LogP contribution in [0, 0.1) is 5.82 Å². The quantitative estimate of drug-likeness (QED) is 0.494. The van der Waals surface area contributed by atoms with Gasteiger partial charge in [-0.1, -0.05) is 0 Å². The zero-order valence-corrected chi connectivity index (χ0v) is 6.27. The first-order valence-electron chi connectivity index (χ1n) is 2.77. The average molecular weight is 175 g/mol. The van der Waals surface area contributed by atoms with Gasteiger partial charge in [0.15, 0.2) is 11.1 Å². The van der Waals surface area contributed by atoms with Gasteiger partial charge < -0.3 is 10.3 Å². The van der Waals surface area contributed by atoms with E-state index in [1.54, 1.807) is 0 Å². The number of rotatable bonds is 1. The van der Waals surface area contributed by atoms with Crippen molar-refractivity contribution < 1.29 is 13.2 Å². The van der Waals surface area contributed by atoms with Gasteiger partial charge in [0.2, 0.25) is 0 Å². The predicted molar refractivity (Wildman–Crippen MR) is 39.8 cm³/mol. The average Bonchev–Trinajstić information content (AvgIpc) is 1.85. The van der Waals surface area contributed by atoms with Crippen LogP contribution in [0.25, 0.3) is 0 Å². The van der Waals surface area contributed by atoms with Crippen LogP contribution in [0.4, 0.5) is 10.1 Å². The van der Waals surface area contributed by atoms with Crippen LogP contribution < -0.4 is 5.73 Å². The van der Waals surface area contributed by atoms with E-state index >= 15 is 0 Å². The lowest BCUT2D eigenvalue weighted by molar-refractivity contribution is 0.544. The molecule has 1 rings (SSSR count). The maximum Gasteiger partial charge on any atom is 0.189 e. The summed E-state index contributed by atoms with van der Waals surface area (Å²) in [6, 6.07) is 3.55. The normalized spacial score (nSPS) is 12.9. The Morgan fingerprint density at radius 2 is 2.18 bits per heavy atom. The standard InChI is InChI=1S/C6H6FNO2S/c7-5-3-4(8)1-2-6(5)11(9)10/h1-3H,8H2,(H,9,10). The largest absolute Gasteiger partial charge is 0.399 e. The van der Waals surface area contributed by atoms with E-state index in [1.165, 1.54) is 12.1 Å². The molecular formula is C6H6FNO2S. The summed E-state index contributed by atoms with van der Waals surface area (Å²) in [6.07, 6.45) is 0. The molecule has 3 nitrogen and oxygen atoms in total. The van der Waals surface area contributed by atoms with Crippen molar-refractivity contribution in [2.75, 3.05) is 5.73 Å². The van der Waals surface area contributed by atoms with E-state index in [2.05, 4.69) is 0 Å². The highest BCUT2D eigenvalue weighted by Crippen LogP contribution is 2.13. The monoisotopic (exact) mass is 175 g/mol. The number of hydrogen-bond donors (Lipinski definition) is 2. The molecule has 0 bridgehead atoms. The number of hydrogen-bond acceptors (Lipinski definition) is 2. The number of benzene rings is 1. The first kappa shape index (κ1) is 8.16. The van der Waals surface area contributed by atoms with Crippen molar-refractivity contribution in [3.05, 3.63) is 24.0 Å². The van der Waals surface area contributed by atoms with Crippen molar-refractivity contribution in [3.63, 3.8) is 0 Å². The van der Waals surface area contributed by atoms with Crippen LogP contribution in [0.5, 0.6) is 0 Å². The molecule has 0 aliphatic carbocycles. The second-order valence-electron chi connectivity index (χ2n) is 1.94. The van der Waals surface area contributed by atoms with E-state index in [1.807, 2.05) is 0 Å². The third-order valence-corrected chi connectivity index (χ3v) is 1.85. The van der Waals surface area contributed by atoms with Crippen LogP contribution in [0.15, 0.2) is 23.1 Å². The molecule has 1 aromatic rings. The molecule has 5 heteroatoms. The van der Waals surface area contributed by atoms with Gasteiger partial charge in [0.05, 0.1) is 0 Å². The van der Waals surface area contributed by atoms with E-state index in [0.29, 0.717) is 0 Å². The summed E-state index contributed by atoms with van der Waals surface area (Å²) in [4.78, 5) is -0.251. The van der Waals surface area contributed by atoms with Crippen molar-refractivity contribution in [2.45, 2.75) is 4.90 Å². The van der Waals surface area contributed by atoms with Crippen LogP contribution in [0.1, 0.15) is 0 Å². The first-order chi connectivity index (χ1) is 5.11. The molecule has 0 saturated carbocycles. The highest BCUT2D eigenvalue weighted by Gasteiger charge is 2.06. The van der Waals surface area contributed by atoms with E-state index < -0.39 is 16.9 Å². The lowest BCUT2D eigenvalue weighted by Crippen LogP contribution is -1.94. The van der Waals surface area contributed by atoms with E-state index in [9.17, 15) is 8.60 Å². The minimum absolute atomic E-state index is 0.233. The van der Waals surface area contributed by atoms with Gasteiger partial charge in [-0.05, 0) is 18.2 Å². The Bertz CT molecular complexity index is 303. The Balaban J connectivity index is 3.20. The lowest BCUT2D eigenvalue weighted by Gasteiger charge is -1.97. The van der Waals surface area contributed by atoms with Crippen LogP contribution in [0.3, 0.4) is 0 Å². The minimum Gasteiger partial charge on any atom is -0.399 e. The summed E-state index contributed by atoms with van der Waals surface area (Å²) in [5.41, 5.74) is 5.44. The van der Waals surface area contributed by atoms with Gasteiger partial charge in [0.1, 0.15) is 10.7 Å². The lowest BCUT2D eigenvalue weighted by atomic mass is 10.3. The highest BCUT2D eigenvalue weighted by atomic mass is 32.2. The van der Waals surface area contributed by atoms with Gasteiger partial charge >= 0.3 is 0 Å². The fraction of sp³-hybridized carbons (Fsp3) is 0. The Morgan fingerprint density at radius 1 is 1.55 bits per heavy atom. The Labute approximate surface area is 65.3 Å². The topological polar surface area (TPSA) is 63.3 Å². The zero-order valence-electron chi connectivity index (χ0n) is 5.45. The van der Waals surface area contributed by atoms with E-state index in [-0.39, 0.29) is 10.6 Å². The maximum absolute atomic E-state index is 12.7. The zero-order chi connectivity index (χ0) is 8.43. The molecular weight excluding hydrogens is 169 g/mol. The molecule has 0 aliphatic heterocycles. The molecule has 1 unspecified atom stereocenters. The smallest absolute Gasteiger partial charge is 0.189 e. The number of nitrogens with two attached hydrogens (primary N) is 1. The van der Waals surface area contributed by atoms with Crippen molar-refractivity contribution in [3.8, 4) is 0 Å². The summed E-state index contributed by atoms with van der Waals surface area (Å²) in [7, 11) is 0. The summed E-state index contributed by atoms with van der Waals surface area (Å²) in [5.74, 6) is -0.758. The highest BCUT2D eigenvalue weighted by molar-refractivity contribution is 7.79. The molecule has 0 fully saturated rings. The van der Waals surface area contributed by atoms with Crippen molar-refractivity contribution in [2.24, 2.45) is 0 Å². The number of anilines is 1. The van der Waals surface area contributed by atoms with Crippen LogP contribution in [0.2, 0.25) is 0 Å². The fourth-order valence-corrected chi connectivity index (χ4v) is 1.07. The Morgan fingerprint density at radius 3 is 2.64 bits per heavy atom. The molecule has 0 amide bonds. The third-order valence-electron chi connectivity index (χ3n) is 1.14. The van der Waals surface area contributed by atoms with Gasteiger partial charge in [-0.15, -0.1) is 0 Å². The Hall–Kier alpha value is -0.940. The fourth-order valence-electron chi connectivity index (χ4n) is 0.659. The van der Waals surface area contributed by atoms with Crippen molar-refractivity contribution in [1.29, 1.82) is 0 Å². The SMILES string of the molecule is Nc1ccc(S(=O)O)c(F)c1. The summed E-state index contributed by atoms with van der Waals surface area (Å²) in [5, 5.41) is 0. The second-order valence-corrected chi connectivity index (χ2v) is 2.88. The molecule has 3 N–H and O–H groups in total. The van der Waals surface area contributed by atoms with Crippen molar-refractivity contribution in [1.82, 2.24) is 0 Å². The van der Waals surface area contributed by atoms with Gasteiger partial charge in [0, 0.05) is 5.69 Å². The molecule has 0 aliphatic rings. The number of halogens is 1. The molecule has 11 heavy (non-hydrogen) atoms. The number of nitrogen functional groups attached to an aromatic ring is 1. The molecule has 1 aromatic carbocycles. The van der Waals surface area contributed by atoms with Gasteiger partial charge in [0.25, 0.3) is 0 Å². The predicted octanol–water partition coefficient (Wildman–Crippen LogP) is 0.989. The molecule has 0 spiro atoms. The molecule has 60 valence electrons. The second kappa shape index (κ2) is 2.98. The van der Waals surface area contributed by atoms with Gasteiger partial charge in [-0.3, -0.25) is 0 Å². The van der Waals surface area contributed by atoms with Crippen LogP contribution >= 0.6 is 0 Å². The summed E-state index contributed by atoms with van der Waals surface area (Å²) < 4.78 is 31.5. The molecule has 0 aromatic heterocycles. The van der Waals surface area contributed by atoms with E-state index in [4.69, 9.17) is 10.3 Å². The minimum atomic E-state index is -2.28. The molecule has 0 saturated heterocycles. The molecule has 1 atom stereocenters. The van der Waals surface area contributed by atoms with Crippen LogP contribution in [-0.4, -0.2) is 8.76 Å². The Kier molecular flexibility index (Phi) is 2.21. The molecule has 0 radical (unpaired) electrons. The molecule has 0 heterocycles. The van der Waals surface area contributed by atoms with Gasteiger partial charge in [-0.25, -0.2) is 8.60 Å². The summed E-state index contributed by atoms with van der Waals surface area (Å²) >= 11 is -2.28. The summed E-state index contributed by atoms with van der Waals surface area (Å²) in [6.45, 7) is 0. The maximum atomic E-state index is 12.7. The van der Waals surface area contributed by atoms with E-state index in [0.717, 1.165) is 6.07 Å². The van der Waals surface area contributed by atoms with Crippen molar-refractivity contribution >= 4 is 16.8 Å².